The number of pyridine rings is 1. The highest BCUT2D eigenvalue weighted by Gasteiger charge is 2.29. The van der Waals surface area contributed by atoms with Gasteiger partial charge in [0.05, 0.1) is 17.8 Å². The van der Waals surface area contributed by atoms with E-state index < -0.39 is 17.5 Å². The van der Waals surface area contributed by atoms with Crippen LogP contribution in [0.3, 0.4) is 0 Å². The Balaban J connectivity index is 1.39. The smallest absolute Gasteiger partial charge is 0.317 e. The number of carbonyl (C=O) groups excluding carboxylic acids is 1. The first-order chi connectivity index (χ1) is 19.9. The van der Waals surface area contributed by atoms with Crippen LogP contribution in [0.1, 0.15) is 38.5 Å². The van der Waals surface area contributed by atoms with E-state index in [-0.39, 0.29) is 51.8 Å². The highest BCUT2D eigenvalue weighted by molar-refractivity contribution is 6.01. The van der Waals surface area contributed by atoms with Crippen molar-refractivity contribution < 1.29 is 18.0 Å². The number of aromatic nitrogens is 2. The summed E-state index contributed by atoms with van der Waals surface area (Å²) in [6.07, 6.45) is 6.49. The van der Waals surface area contributed by atoms with E-state index in [0.29, 0.717) is 17.5 Å². The molecular formula is C31H29F3N6O. The van der Waals surface area contributed by atoms with Crippen molar-refractivity contribution in [3.8, 4) is 22.4 Å². The van der Waals surface area contributed by atoms with Gasteiger partial charge >= 0.3 is 6.03 Å². The fourth-order valence-electron chi connectivity index (χ4n) is 6.00. The molecule has 2 aliphatic rings. The van der Waals surface area contributed by atoms with Crippen molar-refractivity contribution in [1.82, 2.24) is 20.2 Å². The molecule has 3 N–H and O–H groups in total. The Labute approximate surface area is 235 Å². The van der Waals surface area contributed by atoms with Crippen molar-refractivity contribution in [1.29, 1.82) is 0 Å². The van der Waals surface area contributed by atoms with Gasteiger partial charge in [0.15, 0.2) is 11.6 Å². The molecular weight excluding hydrogens is 529 g/mol. The van der Waals surface area contributed by atoms with Gasteiger partial charge < -0.3 is 20.5 Å². The number of rotatable bonds is 5. The number of likely N-dealkylation sites (tertiary alicyclic amines) is 1. The summed E-state index contributed by atoms with van der Waals surface area (Å²) < 4.78 is 45.0. The number of halogens is 3. The average molecular weight is 559 g/mol. The molecule has 210 valence electrons. The molecule has 4 aromatic rings. The Kier molecular flexibility index (Phi) is 7.26. The molecule has 0 unspecified atom stereocenters. The molecule has 0 radical (unpaired) electrons. The van der Waals surface area contributed by atoms with Crippen LogP contribution in [0, 0.1) is 24.0 Å². The van der Waals surface area contributed by atoms with Crippen LogP contribution in [0.5, 0.6) is 0 Å². The summed E-state index contributed by atoms with van der Waals surface area (Å²) in [5, 5.41) is 6.58. The highest BCUT2D eigenvalue weighted by Crippen LogP contribution is 2.44. The lowest BCUT2D eigenvalue weighted by Crippen LogP contribution is -2.47. The zero-order valence-corrected chi connectivity index (χ0v) is 22.3. The summed E-state index contributed by atoms with van der Waals surface area (Å²) >= 11 is 0. The summed E-state index contributed by atoms with van der Waals surface area (Å²) in [6, 6.07) is 10.4. The molecule has 7 nitrogen and oxygen atoms in total. The number of hydrogen-bond acceptors (Lipinski definition) is 3. The van der Waals surface area contributed by atoms with Crippen molar-refractivity contribution in [2.24, 2.45) is 0 Å². The second kappa shape index (κ2) is 11.2. The van der Waals surface area contributed by atoms with Crippen molar-refractivity contribution in [2.45, 2.75) is 50.6 Å². The third kappa shape index (κ3) is 5.20. The van der Waals surface area contributed by atoms with Crippen molar-refractivity contribution in [2.75, 3.05) is 18.4 Å². The lowest BCUT2D eigenvalue weighted by Gasteiger charge is -2.32. The molecule has 1 saturated carbocycles. The average Bonchev–Trinajstić information content (AvgIpc) is 3.66. The lowest BCUT2D eigenvalue weighted by molar-refractivity contribution is 0.199. The minimum atomic E-state index is -0.774. The van der Waals surface area contributed by atoms with Gasteiger partial charge in [-0.25, -0.2) is 27.8 Å². The Bertz CT molecular complexity index is 1640. The molecule has 2 atom stereocenters. The third-order valence-electron chi connectivity index (χ3n) is 7.98. The normalized spacial score (nSPS) is 18.8. The van der Waals surface area contributed by atoms with Crippen molar-refractivity contribution in [3.63, 3.8) is 0 Å². The van der Waals surface area contributed by atoms with Gasteiger partial charge in [0.25, 0.3) is 0 Å². The van der Waals surface area contributed by atoms with Gasteiger partial charge in [0.2, 0.25) is 5.69 Å². The fourth-order valence-corrected chi connectivity index (χ4v) is 6.00. The van der Waals surface area contributed by atoms with Crippen LogP contribution in [0.15, 0.2) is 48.7 Å². The van der Waals surface area contributed by atoms with Crippen molar-refractivity contribution >= 4 is 28.4 Å². The van der Waals surface area contributed by atoms with Crippen LogP contribution < -0.4 is 10.6 Å². The molecule has 2 aromatic heterocycles. The maximum Gasteiger partial charge on any atom is 0.317 e. The van der Waals surface area contributed by atoms with E-state index >= 15 is 4.39 Å². The standard InChI is InChI=1S/C31H29F3N6O/c1-35-29-25(18-8-3-2-4-9-18)26(34)30(39-28(29)23-17-36-27-22(23)14-19(32)15-24(27)33)37-20-10-7-11-21(16-20)38-31(41)40-12-5-6-13-40/h2-4,8-9,14-15,17,20-21,36H,5-7,10-13,16H2,(H,37,39)(H,38,41)/t20-,21+/m1/s1. The quantitative estimate of drug-likeness (QED) is 0.224. The van der Waals surface area contributed by atoms with E-state index in [9.17, 15) is 13.6 Å². The van der Waals surface area contributed by atoms with Crippen LogP contribution in [-0.4, -0.2) is 46.1 Å². The van der Waals surface area contributed by atoms with Crippen molar-refractivity contribution in [3.05, 3.63) is 77.5 Å². The maximum atomic E-state index is 16.3. The van der Waals surface area contributed by atoms with Crippen LogP contribution >= 0.6 is 0 Å². The number of nitrogens with one attached hydrogen (secondary N) is 3. The monoisotopic (exact) mass is 558 g/mol. The summed E-state index contributed by atoms with van der Waals surface area (Å²) in [4.78, 5) is 25.5. The number of anilines is 1. The van der Waals surface area contributed by atoms with Gasteiger partial charge in [-0.1, -0.05) is 30.3 Å². The second-order valence-corrected chi connectivity index (χ2v) is 10.7. The SMILES string of the molecule is [C-]#[N+]c1c(-c2c[nH]c3c(F)cc(F)cc23)nc(N[C@@H]2CCC[C@H](NC(=O)N3CCCC3)C2)c(F)c1-c1ccccc1. The molecule has 3 heterocycles. The van der Waals surface area contributed by atoms with E-state index in [0.717, 1.165) is 51.3 Å². The summed E-state index contributed by atoms with van der Waals surface area (Å²) in [5.74, 6) is -2.27. The molecule has 2 aromatic carbocycles. The molecule has 1 aliphatic carbocycles. The first kappa shape index (κ1) is 26.7. The molecule has 0 bridgehead atoms. The van der Waals surface area contributed by atoms with Crippen LogP contribution in [0.4, 0.5) is 29.5 Å². The number of amides is 2. The number of carbonyl (C=O) groups is 1. The minimum Gasteiger partial charge on any atom is -0.365 e. The zero-order valence-electron chi connectivity index (χ0n) is 22.3. The van der Waals surface area contributed by atoms with E-state index in [1.807, 2.05) is 4.90 Å². The lowest BCUT2D eigenvalue weighted by atomic mass is 9.91. The van der Waals surface area contributed by atoms with Crippen LogP contribution in [0.2, 0.25) is 0 Å². The molecule has 2 amide bonds. The molecule has 1 aliphatic heterocycles. The molecule has 0 spiro atoms. The van der Waals surface area contributed by atoms with Gasteiger partial charge in [-0.05, 0) is 50.2 Å². The van der Waals surface area contributed by atoms with Gasteiger partial charge in [0.1, 0.15) is 11.6 Å². The largest absolute Gasteiger partial charge is 0.365 e. The Morgan fingerprint density at radius 2 is 1.80 bits per heavy atom. The summed E-state index contributed by atoms with van der Waals surface area (Å²) in [7, 11) is 0. The Morgan fingerprint density at radius 3 is 2.56 bits per heavy atom. The van der Waals surface area contributed by atoms with E-state index in [1.54, 1.807) is 30.3 Å². The fraction of sp³-hybridized carbons (Fsp3) is 0.323. The topological polar surface area (TPSA) is 77.4 Å². The van der Waals surface area contributed by atoms with Gasteiger partial charge in [-0.15, -0.1) is 0 Å². The number of nitrogens with zero attached hydrogens (tertiary/aromatic N) is 3. The van der Waals surface area contributed by atoms with Gasteiger partial charge in [-0.3, -0.25) is 0 Å². The van der Waals surface area contributed by atoms with E-state index in [4.69, 9.17) is 6.57 Å². The molecule has 1 saturated heterocycles. The Hall–Kier alpha value is -4.52. The number of aromatic amines is 1. The van der Waals surface area contributed by atoms with Crippen LogP contribution in [-0.2, 0) is 0 Å². The third-order valence-corrected chi connectivity index (χ3v) is 7.98. The van der Waals surface area contributed by atoms with Gasteiger partial charge in [0, 0.05) is 53.9 Å². The number of hydrogen-bond donors (Lipinski definition) is 3. The molecule has 41 heavy (non-hydrogen) atoms. The molecule has 10 heteroatoms. The number of urea groups is 1. The predicted octanol–water partition coefficient (Wildman–Crippen LogP) is 7.39. The van der Waals surface area contributed by atoms with E-state index in [1.165, 1.54) is 12.3 Å². The zero-order chi connectivity index (χ0) is 28.5. The number of fused-ring (bicyclic) bond motifs is 1. The maximum absolute atomic E-state index is 16.3. The second-order valence-electron chi connectivity index (χ2n) is 10.7. The number of benzene rings is 2. The first-order valence-electron chi connectivity index (χ1n) is 13.9. The highest BCUT2D eigenvalue weighted by atomic mass is 19.1. The summed E-state index contributed by atoms with van der Waals surface area (Å²) in [5.41, 5.74) is 0.985. The number of H-pyrrole nitrogens is 1. The summed E-state index contributed by atoms with van der Waals surface area (Å²) in [6.45, 7) is 9.47. The Morgan fingerprint density at radius 1 is 1.05 bits per heavy atom. The molecule has 2 fully saturated rings. The van der Waals surface area contributed by atoms with Gasteiger partial charge in [-0.2, -0.15) is 0 Å². The predicted molar refractivity (Wildman–Crippen MR) is 152 cm³/mol. The van der Waals surface area contributed by atoms with Crippen LogP contribution in [0.25, 0.3) is 38.1 Å². The van der Waals surface area contributed by atoms with E-state index in [2.05, 4.69) is 25.4 Å². The minimum absolute atomic E-state index is 0.0472. The first-order valence-corrected chi connectivity index (χ1v) is 13.9. The molecule has 6 rings (SSSR count).